The number of aliphatic carboxylic acids is 1. The van der Waals surface area contributed by atoms with E-state index in [9.17, 15) is 14.7 Å². The van der Waals surface area contributed by atoms with Crippen molar-refractivity contribution >= 4 is 12.1 Å². The molecule has 22 heavy (non-hydrogen) atoms. The van der Waals surface area contributed by atoms with Gasteiger partial charge in [-0.2, -0.15) is 0 Å². The summed E-state index contributed by atoms with van der Waals surface area (Å²) < 4.78 is 5.33. The van der Waals surface area contributed by atoms with Crippen LogP contribution in [0.1, 0.15) is 40.5 Å². The van der Waals surface area contributed by atoms with E-state index in [4.69, 9.17) is 9.84 Å². The van der Waals surface area contributed by atoms with Gasteiger partial charge in [-0.1, -0.05) is 0 Å². The maximum Gasteiger partial charge on any atom is 0.410 e. The van der Waals surface area contributed by atoms with Crippen LogP contribution in [0.25, 0.3) is 0 Å². The molecule has 0 saturated carbocycles. The molecule has 0 radical (unpaired) electrons. The Labute approximate surface area is 131 Å². The van der Waals surface area contributed by atoms with E-state index in [1.807, 2.05) is 20.8 Å². The molecule has 0 bridgehead atoms. The standard InChI is InChI=1S/C15H28N2O5/c1-14(2,3)22-13(20)17-10-8-16(9-11-17)7-5-6-15(4,21)12(18)19/h21H,5-11H2,1-4H3,(H,18,19). The van der Waals surface area contributed by atoms with E-state index in [1.54, 1.807) is 4.90 Å². The summed E-state index contributed by atoms with van der Waals surface area (Å²) in [4.78, 5) is 26.6. The summed E-state index contributed by atoms with van der Waals surface area (Å²) in [6.07, 6.45) is 0.529. The first-order chi connectivity index (χ1) is 10.0. The minimum Gasteiger partial charge on any atom is -0.479 e. The summed E-state index contributed by atoms with van der Waals surface area (Å²) in [5.74, 6) is -1.19. The summed E-state index contributed by atoms with van der Waals surface area (Å²) in [7, 11) is 0. The van der Waals surface area contributed by atoms with Crippen LogP contribution in [-0.2, 0) is 9.53 Å². The fourth-order valence-corrected chi connectivity index (χ4v) is 2.23. The number of carbonyl (C=O) groups excluding carboxylic acids is 1. The predicted molar refractivity (Wildman–Crippen MR) is 81.7 cm³/mol. The maximum absolute atomic E-state index is 11.9. The highest BCUT2D eigenvalue weighted by atomic mass is 16.6. The fraction of sp³-hybridized carbons (Fsp3) is 0.867. The Balaban J connectivity index is 2.28. The average molecular weight is 316 g/mol. The van der Waals surface area contributed by atoms with Gasteiger partial charge in [-0.05, 0) is 47.1 Å². The smallest absolute Gasteiger partial charge is 0.410 e. The molecule has 1 rings (SSSR count). The van der Waals surface area contributed by atoms with E-state index in [0.29, 0.717) is 26.1 Å². The van der Waals surface area contributed by atoms with Gasteiger partial charge >= 0.3 is 12.1 Å². The zero-order chi connectivity index (χ0) is 17.0. The number of carbonyl (C=O) groups is 2. The number of carboxylic acids is 1. The Kier molecular flexibility index (Phi) is 6.19. The number of rotatable bonds is 5. The lowest BCUT2D eigenvalue weighted by Gasteiger charge is -2.35. The van der Waals surface area contributed by atoms with Gasteiger partial charge in [-0.3, -0.25) is 4.90 Å². The largest absolute Gasteiger partial charge is 0.479 e. The van der Waals surface area contributed by atoms with Gasteiger partial charge in [0, 0.05) is 26.2 Å². The van der Waals surface area contributed by atoms with E-state index in [-0.39, 0.29) is 12.5 Å². The molecule has 1 unspecified atom stereocenters. The normalized spacial score (nSPS) is 19.6. The minimum atomic E-state index is -1.67. The van der Waals surface area contributed by atoms with Crippen molar-refractivity contribution in [2.24, 2.45) is 0 Å². The van der Waals surface area contributed by atoms with E-state index in [2.05, 4.69) is 4.90 Å². The van der Waals surface area contributed by atoms with E-state index in [0.717, 1.165) is 13.1 Å². The zero-order valence-corrected chi connectivity index (χ0v) is 14.0. The lowest BCUT2D eigenvalue weighted by Crippen LogP contribution is -2.50. The molecule has 1 heterocycles. The highest BCUT2D eigenvalue weighted by Crippen LogP contribution is 2.15. The molecular formula is C15H28N2O5. The lowest BCUT2D eigenvalue weighted by molar-refractivity contribution is -0.157. The second kappa shape index (κ2) is 7.28. The minimum absolute atomic E-state index is 0.217. The Bertz CT molecular complexity index is 395. The molecule has 1 amide bonds. The van der Waals surface area contributed by atoms with Crippen LogP contribution in [0, 0.1) is 0 Å². The first-order valence-corrected chi connectivity index (χ1v) is 7.67. The fourth-order valence-electron chi connectivity index (χ4n) is 2.23. The number of hydrogen-bond donors (Lipinski definition) is 2. The van der Waals surface area contributed by atoms with Gasteiger partial charge in [0.25, 0.3) is 0 Å². The Morgan fingerprint density at radius 1 is 1.09 bits per heavy atom. The summed E-state index contributed by atoms with van der Waals surface area (Å²) in [5, 5.41) is 18.5. The van der Waals surface area contributed by atoms with Crippen molar-refractivity contribution in [3.05, 3.63) is 0 Å². The van der Waals surface area contributed by atoms with Crippen LogP contribution in [0.5, 0.6) is 0 Å². The molecule has 1 fully saturated rings. The van der Waals surface area contributed by atoms with Crippen molar-refractivity contribution in [3.63, 3.8) is 0 Å². The summed E-state index contributed by atoms with van der Waals surface area (Å²) >= 11 is 0. The van der Waals surface area contributed by atoms with Crippen LogP contribution < -0.4 is 0 Å². The van der Waals surface area contributed by atoms with Crippen molar-refractivity contribution < 1.29 is 24.5 Å². The van der Waals surface area contributed by atoms with Gasteiger partial charge in [0.2, 0.25) is 0 Å². The Morgan fingerprint density at radius 3 is 2.09 bits per heavy atom. The first kappa shape index (κ1) is 18.7. The molecule has 1 aliphatic heterocycles. The van der Waals surface area contributed by atoms with Crippen LogP contribution in [0.2, 0.25) is 0 Å². The summed E-state index contributed by atoms with van der Waals surface area (Å²) in [6.45, 7) is 10.2. The van der Waals surface area contributed by atoms with Crippen LogP contribution in [0.4, 0.5) is 4.79 Å². The number of piperazine rings is 1. The van der Waals surface area contributed by atoms with Gasteiger partial charge in [0.05, 0.1) is 0 Å². The number of amides is 1. The molecule has 1 aliphatic rings. The van der Waals surface area contributed by atoms with Crippen LogP contribution >= 0.6 is 0 Å². The van der Waals surface area contributed by atoms with Gasteiger partial charge in [-0.15, -0.1) is 0 Å². The first-order valence-electron chi connectivity index (χ1n) is 7.67. The molecule has 0 spiro atoms. The maximum atomic E-state index is 11.9. The van der Waals surface area contributed by atoms with Gasteiger partial charge in [0.1, 0.15) is 5.60 Å². The molecule has 2 N–H and O–H groups in total. The Hall–Kier alpha value is -1.34. The number of carboxylic acid groups (broad SMARTS) is 1. The highest BCUT2D eigenvalue weighted by Gasteiger charge is 2.30. The average Bonchev–Trinajstić information content (AvgIpc) is 2.37. The third-order valence-corrected chi connectivity index (χ3v) is 3.62. The third-order valence-electron chi connectivity index (χ3n) is 3.62. The van der Waals surface area contributed by atoms with Crippen LogP contribution in [-0.4, -0.2) is 76.0 Å². The highest BCUT2D eigenvalue weighted by molar-refractivity contribution is 5.76. The molecule has 1 saturated heterocycles. The molecule has 0 aromatic carbocycles. The molecule has 0 aliphatic carbocycles. The van der Waals surface area contributed by atoms with Crippen LogP contribution in [0.15, 0.2) is 0 Å². The second-order valence-electron chi connectivity index (χ2n) is 6.99. The van der Waals surface area contributed by atoms with Gasteiger partial charge in [-0.25, -0.2) is 9.59 Å². The number of ether oxygens (including phenoxy) is 1. The topological polar surface area (TPSA) is 90.3 Å². The molecule has 0 aromatic rings. The second-order valence-corrected chi connectivity index (χ2v) is 6.99. The van der Waals surface area contributed by atoms with Crippen molar-refractivity contribution in [2.45, 2.75) is 51.7 Å². The van der Waals surface area contributed by atoms with E-state index in [1.165, 1.54) is 6.92 Å². The Morgan fingerprint density at radius 2 is 1.64 bits per heavy atom. The van der Waals surface area contributed by atoms with Crippen molar-refractivity contribution in [2.75, 3.05) is 32.7 Å². The third kappa shape index (κ3) is 6.19. The molecule has 7 nitrogen and oxygen atoms in total. The molecule has 128 valence electrons. The number of nitrogens with zero attached hydrogens (tertiary/aromatic N) is 2. The quantitative estimate of drug-likeness (QED) is 0.791. The molecule has 0 aromatic heterocycles. The SMILES string of the molecule is CC(C)(C)OC(=O)N1CCN(CCCC(C)(O)C(=O)O)CC1. The van der Waals surface area contributed by atoms with Crippen molar-refractivity contribution in [3.8, 4) is 0 Å². The summed E-state index contributed by atoms with van der Waals surface area (Å²) in [5.41, 5.74) is -2.16. The van der Waals surface area contributed by atoms with Crippen molar-refractivity contribution in [1.29, 1.82) is 0 Å². The zero-order valence-electron chi connectivity index (χ0n) is 14.0. The molecular weight excluding hydrogens is 288 g/mol. The molecule has 1 atom stereocenters. The molecule has 7 heteroatoms. The number of hydrogen-bond acceptors (Lipinski definition) is 5. The van der Waals surface area contributed by atoms with Crippen molar-refractivity contribution in [1.82, 2.24) is 9.80 Å². The van der Waals surface area contributed by atoms with Crippen LogP contribution in [0.3, 0.4) is 0 Å². The van der Waals surface area contributed by atoms with E-state index < -0.39 is 17.2 Å². The summed E-state index contributed by atoms with van der Waals surface area (Å²) in [6, 6.07) is 0. The number of aliphatic hydroxyl groups is 1. The van der Waals surface area contributed by atoms with E-state index >= 15 is 0 Å². The van der Waals surface area contributed by atoms with Gasteiger partial charge in [0.15, 0.2) is 5.60 Å². The predicted octanol–water partition coefficient (Wildman–Crippen LogP) is 1.15. The monoisotopic (exact) mass is 316 g/mol. The lowest BCUT2D eigenvalue weighted by atomic mass is 10.0. The van der Waals surface area contributed by atoms with Gasteiger partial charge < -0.3 is 19.8 Å².